The first-order valence-corrected chi connectivity index (χ1v) is 10.6. The summed E-state index contributed by atoms with van der Waals surface area (Å²) in [7, 11) is 1.52. The second-order valence-electron chi connectivity index (χ2n) is 8.38. The van der Waals surface area contributed by atoms with Crippen LogP contribution in [0.2, 0.25) is 5.02 Å². The Labute approximate surface area is 188 Å². The summed E-state index contributed by atoms with van der Waals surface area (Å²) in [5, 5.41) is 20.8. The molecule has 0 spiro atoms. The van der Waals surface area contributed by atoms with E-state index in [1.165, 1.54) is 39.6 Å². The van der Waals surface area contributed by atoms with Crippen molar-refractivity contribution in [2.75, 3.05) is 20.1 Å². The van der Waals surface area contributed by atoms with Gasteiger partial charge in [0.15, 0.2) is 5.75 Å². The van der Waals surface area contributed by atoms with E-state index in [-0.39, 0.29) is 48.8 Å². The maximum absolute atomic E-state index is 13.5. The summed E-state index contributed by atoms with van der Waals surface area (Å²) in [6.45, 7) is 2.12. The van der Waals surface area contributed by atoms with Crippen LogP contribution in [-0.2, 0) is 13.0 Å². The molecule has 0 aliphatic carbocycles. The van der Waals surface area contributed by atoms with Crippen molar-refractivity contribution >= 4 is 23.4 Å². The number of hydrogen-bond donors (Lipinski definition) is 2. The van der Waals surface area contributed by atoms with Gasteiger partial charge in [0.05, 0.1) is 16.7 Å². The van der Waals surface area contributed by atoms with Gasteiger partial charge in [0.25, 0.3) is 17.4 Å². The van der Waals surface area contributed by atoms with Crippen LogP contribution in [0.25, 0.3) is 0 Å². The van der Waals surface area contributed by atoms with E-state index in [0.29, 0.717) is 11.1 Å². The van der Waals surface area contributed by atoms with Crippen LogP contribution >= 0.6 is 11.6 Å². The number of β-amino-alcohol motifs (C(OH)–C–C–N with tert-alkyl or cyclic N) is 1. The first-order valence-electron chi connectivity index (χ1n) is 10.3. The third-order valence-corrected chi connectivity index (χ3v) is 6.35. The van der Waals surface area contributed by atoms with Crippen LogP contribution in [0.4, 0.5) is 4.39 Å². The number of amides is 2. The zero-order chi connectivity index (χ0) is 23.3. The van der Waals surface area contributed by atoms with Crippen molar-refractivity contribution in [1.82, 2.24) is 14.4 Å². The minimum Gasteiger partial charge on any atom is -0.502 e. The molecule has 0 saturated carbocycles. The van der Waals surface area contributed by atoms with E-state index in [1.807, 2.05) is 0 Å². The lowest BCUT2D eigenvalue weighted by Gasteiger charge is -2.35. The van der Waals surface area contributed by atoms with Gasteiger partial charge in [-0.15, -0.1) is 0 Å². The highest BCUT2D eigenvalue weighted by Crippen LogP contribution is 2.32. The predicted molar refractivity (Wildman–Crippen MR) is 115 cm³/mol. The van der Waals surface area contributed by atoms with Crippen molar-refractivity contribution in [3.63, 3.8) is 0 Å². The summed E-state index contributed by atoms with van der Waals surface area (Å²) >= 11 is 5.83. The molecular formula is C22H23ClFN3O5. The fraction of sp³-hybridized carbons (Fsp3) is 0.409. The molecule has 1 aromatic heterocycles. The van der Waals surface area contributed by atoms with Gasteiger partial charge in [-0.1, -0.05) is 17.7 Å². The maximum atomic E-state index is 13.5. The summed E-state index contributed by atoms with van der Waals surface area (Å²) in [5.41, 5.74) is -0.0462. The van der Waals surface area contributed by atoms with Gasteiger partial charge in [0.2, 0.25) is 0 Å². The molecule has 8 nitrogen and oxygen atoms in total. The lowest BCUT2D eigenvalue weighted by atomic mass is 9.93. The molecule has 0 fully saturated rings. The Morgan fingerprint density at radius 2 is 1.94 bits per heavy atom. The summed E-state index contributed by atoms with van der Waals surface area (Å²) < 4.78 is 14.7. The number of halogens is 2. The molecular weight excluding hydrogens is 441 g/mol. The number of nitrogens with zero attached hydrogens (tertiary/aromatic N) is 3. The van der Waals surface area contributed by atoms with Crippen LogP contribution in [0.5, 0.6) is 5.75 Å². The van der Waals surface area contributed by atoms with Crippen LogP contribution in [0.1, 0.15) is 51.4 Å². The molecule has 0 radical (unpaired) electrons. The number of rotatable bonds is 2. The predicted octanol–water partition coefficient (Wildman–Crippen LogP) is 1.94. The summed E-state index contributed by atoms with van der Waals surface area (Å²) in [6, 6.07) is 3.58. The van der Waals surface area contributed by atoms with E-state index in [2.05, 4.69) is 0 Å². The van der Waals surface area contributed by atoms with Crippen LogP contribution in [-0.4, -0.2) is 62.6 Å². The summed E-state index contributed by atoms with van der Waals surface area (Å²) in [4.78, 5) is 42.2. The Hall–Kier alpha value is -2.91. The molecule has 2 aromatic rings. The van der Waals surface area contributed by atoms with Crippen molar-refractivity contribution < 1.29 is 24.2 Å². The van der Waals surface area contributed by atoms with Crippen molar-refractivity contribution in [3.05, 3.63) is 61.8 Å². The van der Waals surface area contributed by atoms with E-state index < -0.39 is 41.1 Å². The molecule has 0 bridgehead atoms. The number of hydrogen-bond acceptors (Lipinski definition) is 5. The smallest absolute Gasteiger partial charge is 0.294 e. The van der Waals surface area contributed by atoms with E-state index in [0.717, 1.165) is 0 Å². The van der Waals surface area contributed by atoms with E-state index in [4.69, 9.17) is 11.6 Å². The molecule has 10 heteroatoms. The van der Waals surface area contributed by atoms with Gasteiger partial charge >= 0.3 is 0 Å². The zero-order valence-electron chi connectivity index (χ0n) is 17.6. The monoisotopic (exact) mass is 463 g/mol. The highest BCUT2D eigenvalue weighted by Gasteiger charge is 2.38. The number of benzene rings is 1. The number of aromatic hydroxyl groups is 1. The molecule has 2 amide bonds. The minimum atomic E-state index is -0.845. The number of fused-ring (bicyclic) bond motifs is 3. The van der Waals surface area contributed by atoms with Crippen LogP contribution < -0.4 is 5.56 Å². The molecule has 0 unspecified atom stereocenters. The number of aliphatic hydroxyl groups is 1. The number of aliphatic hydroxyl groups excluding tert-OH is 1. The molecule has 2 aliphatic heterocycles. The fourth-order valence-electron chi connectivity index (χ4n) is 4.52. The molecule has 2 aliphatic rings. The molecule has 2 atom stereocenters. The van der Waals surface area contributed by atoms with E-state index in [1.54, 1.807) is 6.92 Å². The van der Waals surface area contributed by atoms with Crippen molar-refractivity contribution in [2.45, 2.75) is 38.5 Å². The van der Waals surface area contributed by atoms with Gasteiger partial charge in [0, 0.05) is 38.3 Å². The van der Waals surface area contributed by atoms with Crippen molar-refractivity contribution in [2.24, 2.45) is 0 Å². The second-order valence-corrected chi connectivity index (χ2v) is 8.78. The maximum Gasteiger partial charge on any atom is 0.294 e. The second kappa shape index (κ2) is 8.22. The topological polar surface area (TPSA) is 103 Å². The van der Waals surface area contributed by atoms with Gasteiger partial charge in [0.1, 0.15) is 11.5 Å². The van der Waals surface area contributed by atoms with Gasteiger partial charge in [-0.2, -0.15) is 0 Å². The number of carbonyl (C=O) groups is 2. The lowest BCUT2D eigenvalue weighted by molar-refractivity contribution is 0.0575. The molecule has 1 aromatic carbocycles. The molecule has 3 heterocycles. The average Bonchev–Trinajstić information content (AvgIpc) is 2.73. The standard InChI is InChI=1S/C22H23ClFN3O5/c1-11-7-13(28)10-25(2)21(31)18-14-5-6-26(9-12-3-4-16(24)15(23)8-12)20(30)17(14)19(29)22(32)27(11)18/h3-4,8,11,13,28-29H,5-7,9-10H2,1-2H3/t11-,13-/m0/s1. The number of likely N-dealkylation sites (N-methyl/N-ethyl adjacent to an activating group) is 1. The first-order chi connectivity index (χ1) is 15.1. The summed E-state index contributed by atoms with van der Waals surface area (Å²) in [5.74, 6) is -2.37. The Balaban J connectivity index is 1.81. The minimum absolute atomic E-state index is 0.0698. The Kier molecular flexibility index (Phi) is 5.72. The van der Waals surface area contributed by atoms with E-state index >= 15 is 0 Å². The fourth-order valence-corrected chi connectivity index (χ4v) is 4.73. The number of carbonyl (C=O) groups excluding carboxylic acids is 2. The number of pyridine rings is 1. The summed E-state index contributed by atoms with van der Waals surface area (Å²) in [6.07, 6.45) is -0.362. The van der Waals surface area contributed by atoms with Crippen molar-refractivity contribution in [1.29, 1.82) is 0 Å². The largest absolute Gasteiger partial charge is 0.502 e. The average molecular weight is 464 g/mol. The van der Waals surface area contributed by atoms with Crippen molar-refractivity contribution in [3.8, 4) is 5.75 Å². The highest BCUT2D eigenvalue weighted by atomic mass is 35.5. The molecule has 4 rings (SSSR count). The third kappa shape index (κ3) is 3.65. The van der Waals surface area contributed by atoms with Crippen LogP contribution in [0.3, 0.4) is 0 Å². The van der Waals surface area contributed by atoms with Gasteiger partial charge in [-0.05, 0) is 37.5 Å². The zero-order valence-corrected chi connectivity index (χ0v) is 18.4. The third-order valence-electron chi connectivity index (χ3n) is 6.06. The van der Waals surface area contributed by atoms with E-state index in [9.17, 15) is 29.0 Å². The normalized spacial score (nSPS) is 21.2. The van der Waals surface area contributed by atoms with Crippen LogP contribution in [0, 0.1) is 5.82 Å². The van der Waals surface area contributed by atoms with Crippen LogP contribution in [0.15, 0.2) is 23.0 Å². The quantitative estimate of drug-likeness (QED) is 0.708. The SMILES string of the molecule is C[C@H]1C[C@H](O)CN(C)C(=O)c2c3c(c(O)c(=O)n21)C(=O)N(Cc1ccc(F)c(Cl)c1)CC3. The molecule has 2 N–H and O–H groups in total. The van der Waals surface area contributed by atoms with Gasteiger partial charge in [-0.25, -0.2) is 4.39 Å². The first kappa shape index (κ1) is 22.3. The Bertz CT molecular complexity index is 1180. The Morgan fingerprint density at radius 3 is 2.62 bits per heavy atom. The highest BCUT2D eigenvalue weighted by molar-refractivity contribution is 6.30. The van der Waals surface area contributed by atoms with Gasteiger partial charge in [-0.3, -0.25) is 19.0 Å². The van der Waals surface area contributed by atoms with Gasteiger partial charge < -0.3 is 20.0 Å². The molecule has 0 saturated heterocycles. The lowest BCUT2D eigenvalue weighted by Crippen LogP contribution is -2.46. The molecule has 32 heavy (non-hydrogen) atoms. The number of aromatic nitrogens is 1. The Morgan fingerprint density at radius 1 is 1.22 bits per heavy atom. The molecule has 170 valence electrons.